The second kappa shape index (κ2) is 12.1. The third-order valence-corrected chi connectivity index (χ3v) is 9.81. The van der Waals surface area contributed by atoms with Gasteiger partial charge in [0.15, 0.2) is 0 Å². The van der Waals surface area contributed by atoms with E-state index < -0.39 is 11.7 Å². The summed E-state index contributed by atoms with van der Waals surface area (Å²) in [6.07, 6.45) is 4.02. The molecule has 40 heavy (non-hydrogen) atoms. The zero-order valence-electron chi connectivity index (χ0n) is 25.1. The Hall–Kier alpha value is -1.93. The number of nitrogens with one attached hydrogen (secondary N) is 1. The SMILES string of the molecule is CC1=C2CC(O)(CC1)CCC2NC(=O)C(CC(O)CCN1CC(=O)N(c2cc(C)ccc2Cl)CC1(C)C)C(C)C. The summed E-state index contributed by atoms with van der Waals surface area (Å²) in [7, 11) is 0. The molecular weight excluding hydrogens is 526 g/mol. The van der Waals surface area contributed by atoms with E-state index in [-0.39, 0.29) is 41.8 Å². The van der Waals surface area contributed by atoms with Crippen LogP contribution >= 0.6 is 11.6 Å². The number of benzene rings is 1. The van der Waals surface area contributed by atoms with Gasteiger partial charge >= 0.3 is 0 Å². The van der Waals surface area contributed by atoms with Gasteiger partial charge in [-0.2, -0.15) is 0 Å². The van der Waals surface area contributed by atoms with Crippen molar-refractivity contribution in [1.29, 1.82) is 0 Å². The molecule has 1 aromatic carbocycles. The summed E-state index contributed by atoms with van der Waals surface area (Å²) in [4.78, 5) is 30.5. The van der Waals surface area contributed by atoms with E-state index in [9.17, 15) is 19.8 Å². The van der Waals surface area contributed by atoms with Crippen molar-refractivity contribution < 1.29 is 19.8 Å². The summed E-state index contributed by atoms with van der Waals surface area (Å²) in [6.45, 7) is 13.7. The highest BCUT2D eigenvalue weighted by Crippen LogP contribution is 2.42. The quantitative estimate of drug-likeness (QED) is 0.362. The van der Waals surface area contributed by atoms with Crippen molar-refractivity contribution in [1.82, 2.24) is 10.2 Å². The van der Waals surface area contributed by atoms with Gasteiger partial charge in [-0.15, -0.1) is 0 Å². The molecule has 0 aromatic heterocycles. The summed E-state index contributed by atoms with van der Waals surface area (Å²) in [5.41, 5.74) is 3.36. The van der Waals surface area contributed by atoms with Crippen molar-refractivity contribution >= 4 is 29.1 Å². The molecule has 3 N–H and O–H groups in total. The number of amides is 2. The summed E-state index contributed by atoms with van der Waals surface area (Å²) >= 11 is 6.44. The van der Waals surface area contributed by atoms with E-state index in [0.717, 1.165) is 30.5 Å². The third-order valence-electron chi connectivity index (χ3n) is 9.49. The van der Waals surface area contributed by atoms with Crippen LogP contribution in [0.4, 0.5) is 5.69 Å². The Bertz CT molecular complexity index is 1150. The highest BCUT2D eigenvalue weighted by atomic mass is 35.5. The van der Waals surface area contributed by atoms with E-state index in [1.807, 2.05) is 39.0 Å². The molecule has 1 heterocycles. The molecule has 7 nitrogen and oxygen atoms in total. The fraction of sp³-hybridized carbons (Fsp3) is 0.688. The van der Waals surface area contributed by atoms with Gasteiger partial charge in [0.25, 0.3) is 0 Å². The van der Waals surface area contributed by atoms with Crippen LogP contribution < -0.4 is 10.2 Å². The molecule has 4 atom stereocenters. The maximum atomic E-state index is 13.4. The van der Waals surface area contributed by atoms with Gasteiger partial charge < -0.3 is 20.4 Å². The van der Waals surface area contributed by atoms with Crippen molar-refractivity contribution in [2.24, 2.45) is 11.8 Å². The molecule has 8 heteroatoms. The van der Waals surface area contributed by atoms with Crippen LogP contribution in [0.5, 0.6) is 0 Å². The number of anilines is 1. The number of carbonyl (C=O) groups is 2. The molecule has 1 saturated carbocycles. The number of halogens is 1. The number of hydrogen-bond donors (Lipinski definition) is 3. The first kappa shape index (κ1) is 31.0. The summed E-state index contributed by atoms with van der Waals surface area (Å²) in [5, 5.41) is 25.7. The van der Waals surface area contributed by atoms with Crippen LogP contribution in [0.3, 0.4) is 0 Å². The topological polar surface area (TPSA) is 93.1 Å². The van der Waals surface area contributed by atoms with Crippen molar-refractivity contribution in [3.05, 3.63) is 39.9 Å². The lowest BCUT2D eigenvalue weighted by molar-refractivity contribution is -0.128. The van der Waals surface area contributed by atoms with Crippen LogP contribution in [0, 0.1) is 18.8 Å². The van der Waals surface area contributed by atoms with Crippen LogP contribution in [0.15, 0.2) is 29.3 Å². The number of carbonyl (C=O) groups excluding carboxylic acids is 2. The summed E-state index contributed by atoms with van der Waals surface area (Å²) in [5.74, 6) is -0.255. The molecule has 1 saturated heterocycles. The molecule has 1 aliphatic heterocycles. The van der Waals surface area contributed by atoms with Crippen molar-refractivity contribution in [3.8, 4) is 0 Å². The molecule has 0 spiro atoms. The Kier molecular flexibility index (Phi) is 9.40. The second-order valence-corrected chi connectivity index (χ2v) is 13.9. The molecule has 4 rings (SSSR count). The lowest BCUT2D eigenvalue weighted by Crippen LogP contribution is -2.62. The first-order valence-electron chi connectivity index (χ1n) is 14.9. The third kappa shape index (κ3) is 6.92. The molecule has 1 aromatic rings. The number of aliphatic hydroxyl groups excluding tert-OH is 1. The predicted molar refractivity (Wildman–Crippen MR) is 160 cm³/mol. The maximum Gasteiger partial charge on any atom is 0.241 e. The van der Waals surface area contributed by atoms with Gasteiger partial charge in [0.2, 0.25) is 11.8 Å². The number of aliphatic hydroxyl groups is 2. The minimum absolute atomic E-state index is 0.00700. The first-order valence-corrected chi connectivity index (χ1v) is 15.3. The zero-order valence-corrected chi connectivity index (χ0v) is 25.9. The molecule has 2 bridgehead atoms. The van der Waals surface area contributed by atoms with E-state index in [1.54, 1.807) is 4.90 Å². The standard InChI is InChI=1S/C32H48ClN3O4/c1-20(2)24(30(39)34-27-10-13-32(40)12-9-22(4)25(27)17-32)16-23(37)11-14-35-18-29(38)36(19-31(35,5)6)28-15-21(3)7-8-26(28)33/h7-8,15,20,23-24,27,37,40H,9-14,16-19H2,1-6H3,(H,34,39). The van der Waals surface area contributed by atoms with E-state index in [1.165, 1.54) is 11.1 Å². The molecule has 2 aliphatic carbocycles. The predicted octanol–water partition coefficient (Wildman–Crippen LogP) is 5.00. The van der Waals surface area contributed by atoms with E-state index in [4.69, 9.17) is 11.6 Å². The number of nitrogens with zero attached hydrogens (tertiary/aromatic N) is 2. The second-order valence-electron chi connectivity index (χ2n) is 13.5. The van der Waals surface area contributed by atoms with Gasteiger partial charge in [0, 0.05) is 24.5 Å². The monoisotopic (exact) mass is 573 g/mol. The van der Waals surface area contributed by atoms with Gasteiger partial charge in [-0.05, 0) is 102 Å². The van der Waals surface area contributed by atoms with Gasteiger partial charge in [0.1, 0.15) is 0 Å². The largest absolute Gasteiger partial charge is 0.393 e. The average Bonchev–Trinajstić information content (AvgIpc) is 2.88. The maximum absolute atomic E-state index is 13.4. The lowest BCUT2D eigenvalue weighted by Gasteiger charge is -2.47. The summed E-state index contributed by atoms with van der Waals surface area (Å²) < 4.78 is 0. The van der Waals surface area contributed by atoms with Gasteiger partial charge in [-0.3, -0.25) is 14.5 Å². The highest BCUT2D eigenvalue weighted by Gasteiger charge is 2.42. The number of rotatable bonds is 9. The van der Waals surface area contributed by atoms with Crippen LogP contribution in [-0.2, 0) is 9.59 Å². The number of piperazine rings is 1. The van der Waals surface area contributed by atoms with Gasteiger partial charge in [-0.25, -0.2) is 0 Å². The molecular formula is C32H48ClN3O4. The smallest absolute Gasteiger partial charge is 0.241 e. The number of aryl methyl sites for hydroxylation is 1. The van der Waals surface area contributed by atoms with Crippen molar-refractivity contribution in [2.45, 2.75) is 110 Å². The Morgan fingerprint density at radius 3 is 2.65 bits per heavy atom. The van der Waals surface area contributed by atoms with Gasteiger partial charge in [0.05, 0.1) is 35.0 Å². The van der Waals surface area contributed by atoms with Crippen LogP contribution in [0.2, 0.25) is 5.02 Å². The fourth-order valence-corrected chi connectivity index (χ4v) is 6.92. The Balaban J connectivity index is 1.34. The Morgan fingerprint density at radius 1 is 1.23 bits per heavy atom. The van der Waals surface area contributed by atoms with Crippen molar-refractivity contribution in [3.63, 3.8) is 0 Å². The Labute approximate surface area is 244 Å². The molecule has 4 unspecified atom stereocenters. The fourth-order valence-electron chi connectivity index (χ4n) is 6.70. The van der Waals surface area contributed by atoms with Crippen molar-refractivity contribution in [2.75, 3.05) is 24.5 Å². The van der Waals surface area contributed by atoms with E-state index in [0.29, 0.717) is 43.8 Å². The number of hydrogen-bond acceptors (Lipinski definition) is 5. The zero-order chi connectivity index (χ0) is 29.4. The minimum Gasteiger partial charge on any atom is -0.393 e. The molecule has 3 aliphatic rings. The number of fused-ring (bicyclic) bond motifs is 2. The molecule has 2 amide bonds. The summed E-state index contributed by atoms with van der Waals surface area (Å²) in [6, 6.07) is 5.69. The molecule has 0 radical (unpaired) electrons. The highest BCUT2D eigenvalue weighted by molar-refractivity contribution is 6.33. The Morgan fingerprint density at radius 2 is 1.95 bits per heavy atom. The average molecular weight is 574 g/mol. The van der Waals surface area contributed by atoms with E-state index in [2.05, 4.69) is 31.0 Å². The van der Waals surface area contributed by atoms with Gasteiger partial charge in [-0.1, -0.05) is 37.1 Å². The lowest BCUT2D eigenvalue weighted by atomic mass is 9.70. The minimum atomic E-state index is -0.652. The van der Waals surface area contributed by atoms with Crippen LogP contribution in [-0.4, -0.2) is 69.8 Å². The number of allylic oxidation sites excluding steroid dienone is 1. The normalized spacial score (nSPS) is 26.7. The van der Waals surface area contributed by atoms with E-state index >= 15 is 0 Å². The first-order chi connectivity index (χ1) is 18.7. The molecule has 2 fully saturated rings. The van der Waals surface area contributed by atoms with Crippen LogP contribution in [0.1, 0.15) is 85.1 Å². The molecule has 222 valence electrons. The van der Waals surface area contributed by atoms with Crippen LogP contribution in [0.25, 0.3) is 0 Å².